The Morgan fingerprint density at radius 1 is 1.07 bits per heavy atom. The van der Waals surface area contributed by atoms with Crippen molar-refractivity contribution >= 4 is 34.9 Å². The van der Waals surface area contributed by atoms with Crippen LogP contribution in [0.4, 0.5) is 17.1 Å². The van der Waals surface area contributed by atoms with Crippen molar-refractivity contribution in [2.24, 2.45) is 0 Å². The highest BCUT2D eigenvalue weighted by Gasteiger charge is 2.20. The number of methoxy groups -OCH3 is 1. The fraction of sp³-hybridized carbons (Fsp3) is 0.250. The van der Waals surface area contributed by atoms with Crippen molar-refractivity contribution in [3.8, 4) is 0 Å². The molecule has 0 unspecified atom stereocenters. The first-order valence-electron chi connectivity index (χ1n) is 8.75. The average Bonchev–Trinajstić information content (AvgIpc) is 2.72. The van der Waals surface area contributed by atoms with Gasteiger partial charge < -0.3 is 19.7 Å². The number of esters is 2. The van der Waals surface area contributed by atoms with Crippen LogP contribution in [0, 0.1) is 17.0 Å². The summed E-state index contributed by atoms with van der Waals surface area (Å²) in [4.78, 5) is 48.2. The minimum Gasteiger partial charge on any atom is -0.465 e. The summed E-state index contributed by atoms with van der Waals surface area (Å²) in [6.45, 7) is 1.12. The lowest BCUT2D eigenvalue weighted by molar-refractivity contribution is -0.384. The van der Waals surface area contributed by atoms with Gasteiger partial charge in [-0.2, -0.15) is 0 Å². The molecule has 10 heteroatoms. The second kappa shape index (κ2) is 9.50. The molecule has 2 aromatic carbocycles. The summed E-state index contributed by atoms with van der Waals surface area (Å²) in [5.41, 5.74) is 1.33. The lowest BCUT2D eigenvalue weighted by Gasteiger charge is -2.13. The van der Waals surface area contributed by atoms with Gasteiger partial charge in [-0.1, -0.05) is 6.07 Å². The Hall–Kier alpha value is -3.95. The second-order valence-corrected chi connectivity index (χ2v) is 6.50. The molecule has 0 saturated carbocycles. The largest absolute Gasteiger partial charge is 0.465 e. The second-order valence-electron chi connectivity index (χ2n) is 6.50. The van der Waals surface area contributed by atoms with Gasteiger partial charge in [0.05, 0.1) is 23.2 Å². The highest BCUT2D eigenvalue weighted by Crippen LogP contribution is 2.28. The van der Waals surface area contributed by atoms with Gasteiger partial charge in [0, 0.05) is 25.8 Å². The van der Waals surface area contributed by atoms with Crippen LogP contribution in [-0.2, 0) is 14.3 Å². The summed E-state index contributed by atoms with van der Waals surface area (Å²) in [7, 11) is 4.53. The first-order valence-corrected chi connectivity index (χ1v) is 8.75. The van der Waals surface area contributed by atoms with Gasteiger partial charge in [-0.05, 0) is 36.8 Å². The maximum absolute atomic E-state index is 12.2. The van der Waals surface area contributed by atoms with E-state index in [0.29, 0.717) is 16.9 Å². The molecule has 1 amide bonds. The van der Waals surface area contributed by atoms with E-state index in [4.69, 9.17) is 4.74 Å². The molecule has 10 nitrogen and oxygen atoms in total. The number of nitro benzene ring substituents is 1. The van der Waals surface area contributed by atoms with Gasteiger partial charge in [-0.25, -0.2) is 9.59 Å². The van der Waals surface area contributed by atoms with E-state index >= 15 is 0 Å². The molecule has 158 valence electrons. The molecular formula is C20H21N3O7. The van der Waals surface area contributed by atoms with Crippen molar-refractivity contribution in [2.75, 3.05) is 38.0 Å². The average molecular weight is 415 g/mol. The Bertz CT molecular complexity index is 1000. The molecule has 30 heavy (non-hydrogen) atoms. The van der Waals surface area contributed by atoms with Crippen molar-refractivity contribution in [1.82, 2.24) is 0 Å². The number of ether oxygens (including phenoxy) is 2. The zero-order chi connectivity index (χ0) is 22.4. The van der Waals surface area contributed by atoms with E-state index < -0.39 is 29.4 Å². The van der Waals surface area contributed by atoms with E-state index in [1.807, 2.05) is 0 Å². The third-order valence-electron chi connectivity index (χ3n) is 4.16. The summed E-state index contributed by atoms with van der Waals surface area (Å²) >= 11 is 0. The molecule has 0 radical (unpaired) electrons. The molecule has 0 heterocycles. The minimum absolute atomic E-state index is 0.0519. The summed E-state index contributed by atoms with van der Waals surface area (Å²) in [5, 5.41) is 13.8. The van der Waals surface area contributed by atoms with Crippen LogP contribution in [0.25, 0.3) is 0 Å². The number of hydrogen-bond acceptors (Lipinski definition) is 8. The van der Waals surface area contributed by atoms with Gasteiger partial charge in [0.2, 0.25) is 0 Å². The highest BCUT2D eigenvalue weighted by molar-refractivity contribution is 5.98. The Morgan fingerprint density at radius 2 is 1.70 bits per heavy atom. The van der Waals surface area contributed by atoms with Crippen molar-refractivity contribution in [2.45, 2.75) is 6.92 Å². The van der Waals surface area contributed by atoms with E-state index in [2.05, 4.69) is 10.1 Å². The Balaban J connectivity index is 2.07. The molecule has 0 aromatic heterocycles. The number of nitro groups is 1. The number of anilines is 2. The van der Waals surface area contributed by atoms with Gasteiger partial charge in [0.15, 0.2) is 6.61 Å². The third kappa shape index (κ3) is 5.31. The first-order chi connectivity index (χ1) is 14.1. The highest BCUT2D eigenvalue weighted by atomic mass is 16.6. The predicted molar refractivity (Wildman–Crippen MR) is 109 cm³/mol. The number of nitrogens with one attached hydrogen (secondary N) is 1. The quantitative estimate of drug-likeness (QED) is 0.415. The fourth-order valence-corrected chi connectivity index (χ4v) is 2.58. The lowest BCUT2D eigenvalue weighted by Crippen LogP contribution is -2.21. The molecule has 0 fully saturated rings. The van der Waals surface area contributed by atoms with Crippen LogP contribution < -0.4 is 10.2 Å². The van der Waals surface area contributed by atoms with Gasteiger partial charge in [0.25, 0.3) is 11.6 Å². The van der Waals surface area contributed by atoms with Crippen molar-refractivity contribution in [1.29, 1.82) is 0 Å². The Kier molecular flexibility index (Phi) is 7.08. The SMILES string of the molecule is COC(=O)c1ccc(C)c(NC(=O)COC(=O)c2ccc(N(C)C)c([N+](=O)[O-])c2)c1. The molecule has 1 N–H and O–H groups in total. The van der Waals surface area contributed by atoms with Crippen LogP contribution in [0.3, 0.4) is 0 Å². The number of hydrogen-bond donors (Lipinski definition) is 1. The van der Waals surface area contributed by atoms with Crippen molar-refractivity contribution in [3.05, 3.63) is 63.2 Å². The lowest BCUT2D eigenvalue weighted by atomic mass is 10.1. The predicted octanol–water partition coefficient (Wildman–Crippen LogP) is 2.55. The van der Waals surface area contributed by atoms with E-state index in [1.165, 1.54) is 25.3 Å². The van der Waals surface area contributed by atoms with E-state index in [1.54, 1.807) is 38.1 Å². The topological polar surface area (TPSA) is 128 Å². The molecule has 2 aromatic rings. The van der Waals surface area contributed by atoms with Crippen molar-refractivity contribution < 1.29 is 28.8 Å². The summed E-state index contributed by atoms with van der Waals surface area (Å²) in [5.74, 6) is -2.06. The molecular weight excluding hydrogens is 394 g/mol. The summed E-state index contributed by atoms with van der Waals surface area (Å²) in [6, 6.07) is 8.55. The first kappa shape index (κ1) is 22.3. The molecule has 0 aliphatic carbocycles. The van der Waals surface area contributed by atoms with Crippen LogP contribution in [0.1, 0.15) is 26.3 Å². The maximum atomic E-state index is 12.2. The molecule has 0 bridgehead atoms. The molecule has 0 aliphatic heterocycles. The molecule has 0 atom stereocenters. The Morgan fingerprint density at radius 3 is 2.30 bits per heavy atom. The summed E-state index contributed by atoms with van der Waals surface area (Å²) in [6.07, 6.45) is 0. The van der Waals surface area contributed by atoms with E-state index in [-0.39, 0.29) is 16.8 Å². The zero-order valence-corrected chi connectivity index (χ0v) is 16.9. The number of rotatable bonds is 7. The third-order valence-corrected chi connectivity index (χ3v) is 4.16. The number of nitrogens with zero attached hydrogens (tertiary/aromatic N) is 2. The van der Waals surface area contributed by atoms with Gasteiger partial charge in [0.1, 0.15) is 5.69 Å². The van der Waals surface area contributed by atoms with Crippen LogP contribution >= 0.6 is 0 Å². The Labute approximate surface area is 172 Å². The number of carbonyl (C=O) groups excluding carboxylic acids is 3. The number of carbonyl (C=O) groups is 3. The van der Waals surface area contributed by atoms with Crippen LogP contribution in [0.5, 0.6) is 0 Å². The monoisotopic (exact) mass is 415 g/mol. The van der Waals surface area contributed by atoms with Gasteiger partial charge >= 0.3 is 11.9 Å². The van der Waals surface area contributed by atoms with Crippen LogP contribution in [0.2, 0.25) is 0 Å². The fourth-order valence-electron chi connectivity index (χ4n) is 2.58. The standard InChI is InChI=1S/C20H21N3O7/c1-12-5-6-13(19(25)29-4)9-15(12)21-18(24)11-30-20(26)14-7-8-16(22(2)3)17(10-14)23(27)28/h5-10H,11H2,1-4H3,(H,21,24). The maximum Gasteiger partial charge on any atom is 0.338 e. The van der Waals surface area contributed by atoms with E-state index in [9.17, 15) is 24.5 Å². The van der Waals surface area contributed by atoms with Crippen LogP contribution in [0.15, 0.2) is 36.4 Å². The van der Waals surface area contributed by atoms with E-state index in [0.717, 1.165) is 6.07 Å². The smallest absolute Gasteiger partial charge is 0.338 e. The normalized spacial score (nSPS) is 10.1. The minimum atomic E-state index is -0.876. The number of amides is 1. The number of aryl methyl sites for hydroxylation is 1. The van der Waals surface area contributed by atoms with Gasteiger partial charge in [-0.15, -0.1) is 0 Å². The molecule has 0 spiro atoms. The zero-order valence-electron chi connectivity index (χ0n) is 16.9. The molecule has 0 aliphatic rings. The van der Waals surface area contributed by atoms with Crippen LogP contribution in [-0.4, -0.2) is 50.6 Å². The summed E-state index contributed by atoms with van der Waals surface area (Å²) < 4.78 is 9.60. The molecule has 2 rings (SSSR count). The van der Waals surface area contributed by atoms with Gasteiger partial charge in [-0.3, -0.25) is 14.9 Å². The molecule has 0 saturated heterocycles. The van der Waals surface area contributed by atoms with Crippen molar-refractivity contribution in [3.63, 3.8) is 0 Å². The number of benzene rings is 2.